The molecule has 2 aromatic rings. The van der Waals surface area contributed by atoms with Crippen LogP contribution in [-0.4, -0.2) is 0 Å². The van der Waals surface area contributed by atoms with Gasteiger partial charge in [-0.1, -0.05) is 0 Å². The highest BCUT2D eigenvalue weighted by atomic mass is 14.8. The highest BCUT2D eigenvalue weighted by Crippen LogP contribution is 2.01. The van der Waals surface area contributed by atoms with Crippen molar-refractivity contribution in [2.24, 2.45) is 0 Å². The molecule has 0 N–H and O–H groups in total. The summed E-state index contributed by atoms with van der Waals surface area (Å²) in [6.07, 6.45) is 4.12. The summed E-state index contributed by atoms with van der Waals surface area (Å²) in [6, 6.07) is 10.4. The maximum Gasteiger partial charge on any atom is 0.213 e. The normalized spacial score (nSPS) is 10.3. The van der Waals surface area contributed by atoms with Gasteiger partial charge in [-0.3, -0.25) is 0 Å². The fraction of sp³-hybridized carbons (Fsp3) is 0.100. The van der Waals surface area contributed by atoms with Crippen LogP contribution in [0.1, 0.15) is 5.56 Å². The summed E-state index contributed by atoms with van der Waals surface area (Å²) in [7, 11) is 0. The van der Waals surface area contributed by atoms with E-state index in [1.807, 2.05) is 6.07 Å². The third-order valence-electron chi connectivity index (χ3n) is 1.89. The van der Waals surface area contributed by atoms with Gasteiger partial charge in [-0.25, -0.2) is 0 Å². The van der Waals surface area contributed by atoms with Crippen molar-refractivity contribution in [3.05, 3.63) is 48.3 Å². The molecular weight excluding hydrogens is 134 g/mol. The summed E-state index contributed by atoms with van der Waals surface area (Å²) in [5.41, 5.74) is 2.59. The van der Waals surface area contributed by atoms with Crippen molar-refractivity contribution in [1.29, 1.82) is 0 Å². The molecule has 2 aromatic heterocycles. The Kier molecular flexibility index (Phi) is 1.35. The van der Waals surface area contributed by atoms with E-state index in [-0.39, 0.29) is 0 Å². The van der Waals surface area contributed by atoms with Crippen molar-refractivity contribution in [2.75, 3.05) is 0 Å². The zero-order valence-corrected chi connectivity index (χ0v) is 6.49. The van der Waals surface area contributed by atoms with Crippen LogP contribution < -0.4 is 4.40 Å². The second-order valence-corrected chi connectivity index (χ2v) is 2.68. The fourth-order valence-corrected chi connectivity index (χ4v) is 1.29. The summed E-state index contributed by atoms with van der Waals surface area (Å²) in [6.45, 7) is 2.12. The van der Waals surface area contributed by atoms with Gasteiger partial charge in [0, 0.05) is 23.8 Å². The topological polar surface area (TPSA) is 4.10 Å². The first-order chi connectivity index (χ1) is 5.38. The van der Waals surface area contributed by atoms with Gasteiger partial charge in [0.1, 0.15) is 0 Å². The van der Waals surface area contributed by atoms with Crippen molar-refractivity contribution in [2.45, 2.75) is 6.92 Å². The van der Waals surface area contributed by atoms with E-state index in [0.29, 0.717) is 0 Å². The number of fused-ring (bicyclic) bond motifs is 1. The van der Waals surface area contributed by atoms with Gasteiger partial charge >= 0.3 is 0 Å². The van der Waals surface area contributed by atoms with Gasteiger partial charge in [-0.05, 0) is 19.1 Å². The largest absolute Gasteiger partial charge is 0.213 e. The van der Waals surface area contributed by atoms with E-state index in [2.05, 4.69) is 48.0 Å². The van der Waals surface area contributed by atoms with Crippen LogP contribution in [0.15, 0.2) is 42.7 Å². The molecular formula is C10H10N+. The highest BCUT2D eigenvalue weighted by Gasteiger charge is 2.00. The Balaban J connectivity index is 2.91. The van der Waals surface area contributed by atoms with Gasteiger partial charge in [0.25, 0.3) is 0 Å². The van der Waals surface area contributed by atoms with Crippen LogP contribution in [0.25, 0.3) is 5.52 Å². The van der Waals surface area contributed by atoms with Crippen molar-refractivity contribution in [3.63, 3.8) is 0 Å². The number of nitrogens with zero attached hydrogens (tertiary/aromatic N) is 1. The first-order valence-corrected chi connectivity index (χ1v) is 3.73. The van der Waals surface area contributed by atoms with Crippen LogP contribution in [-0.2, 0) is 0 Å². The minimum Gasteiger partial charge on any atom is -0.167 e. The predicted molar refractivity (Wildman–Crippen MR) is 44.3 cm³/mol. The van der Waals surface area contributed by atoms with E-state index in [4.69, 9.17) is 0 Å². The standard InChI is InChI=1S/C10H10N/c1-9-5-4-8-11-7-3-2-6-10(9)11/h2-8H,1H3/q+1. The molecule has 0 atom stereocenters. The molecule has 2 heterocycles. The Bertz CT molecular complexity index is 374. The van der Waals surface area contributed by atoms with E-state index < -0.39 is 0 Å². The minimum absolute atomic E-state index is 1.27. The number of pyridine rings is 2. The van der Waals surface area contributed by atoms with E-state index in [1.165, 1.54) is 11.1 Å². The molecule has 0 saturated carbocycles. The van der Waals surface area contributed by atoms with Gasteiger partial charge in [-0.2, -0.15) is 4.40 Å². The maximum absolute atomic E-state index is 2.12. The van der Waals surface area contributed by atoms with Gasteiger partial charge in [0.2, 0.25) is 5.52 Å². The van der Waals surface area contributed by atoms with Crippen molar-refractivity contribution in [1.82, 2.24) is 0 Å². The van der Waals surface area contributed by atoms with Crippen LogP contribution in [0, 0.1) is 6.92 Å². The second kappa shape index (κ2) is 2.35. The van der Waals surface area contributed by atoms with Gasteiger partial charge in [-0.15, -0.1) is 0 Å². The second-order valence-electron chi connectivity index (χ2n) is 2.68. The highest BCUT2D eigenvalue weighted by molar-refractivity contribution is 5.46. The van der Waals surface area contributed by atoms with Gasteiger partial charge in [0.05, 0.1) is 0 Å². The molecule has 0 aromatic carbocycles. The first kappa shape index (κ1) is 6.35. The molecule has 0 aliphatic rings. The lowest BCUT2D eigenvalue weighted by Crippen LogP contribution is -2.20. The van der Waals surface area contributed by atoms with E-state index >= 15 is 0 Å². The molecule has 0 unspecified atom stereocenters. The maximum atomic E-state index is 2.12. The molecule has 0 aliphatic carbocycles. The molecule has 54 valence electrons. The zero-order chi connectivity index (χ0) is 7.68. The zero-order valence-electron chi connectivity index (χ0n) is 6.49. The van der Waals surface area contributed by atoms with E-state index in [9.17, 15) is 0 Å². The lowest BCUT2D eigenvalue weighted by atomic mass is 10.2. The van der Waals surface area contributed by atoms with E-state index in [0.717, 1.165) is 0 Å². The molecule has 0 amide bonds. The summed E-state index contributed by atoms with van der Waals surface area (Å²) in [4.78, 5) is 0. The number of aryl methyl sites for hydroxylation is 1. The number of aromatic nitrogens is 1. The van der Waals surface area contributed by atoms with Crippen LogP contribution in [0.5, 0.6) is 0 Å². The monoisotopic (exact) mass is 144 g/mol. The molecule has 1 nitrogen and oxygen atoms in total. The predicted octanol–water partition coefficient (Wildman–Crippen LogP) is 1.73. The molecule has 11 heavy (non-hydrogen) atoms. The van der Waals surface area contributed by atoms with Crippen molar-refractivity contribution < 1.29 is 4.40 Å². The fourth-order valence-electron chi connectivity index (χ4n) is 1.29. The smallest absolute Gasteiger partial charge is 0.167 e. The SMILES string of the molecule is Cc1ccc[n+]2ccccc12. The first-order valence-electron chi connectivity index (χ1n) is 3.73. The average Bonchev–Trinajstić information content (AvgIpc) is 2.06. The van der Waals surface area contributed by atoms with Crippen LogP contribution in [0.4, 0.5) is 0 Å². The molecule has 0 aliphatic heterocycles. The summed E-state index contributed by atoms with van der Waals surface area (Å²) >= 11 is 0. The Morgan fingerprint density at radius 3 is 2.64 bits per heavy atom. The number of hydrogen-bond donors (Lipinski definition) is 0. The van der Waals surface area contributed by atoms with Crippen molar-refractivity contribution in [3.8, 4) is 0 Å². The lowest BCUT2D eigenvalue weighted by Gasteiger charge is -1.91. The molecule has 1 heteroatoms. The number of rotatable bonds is 0. The van der Waals surface area contributed by atoms with Gasteiger partial charge in [0.15, 0.2) is 12.4 Å². The Morgan fingerprint density at radius 1 is 1.00 bits per heavy atom. The number of hydrogen-bond acceptors (Lipinski definition) is 0. The molecule has 0 bridgehead atoms. The Labute approximate surface area is 65.9 Å². The Morgan fingerprint density at radius 2 is 1.82 bits per heavy atom. The molecule has 0 spiro atoms. The summed E-state index contributed by atoms with van der Waals surface area (Å²) in [5, 5.41) is 0. The van der Waals surface area contributed by atoms with E-state index in [1.54, 1.807) is 0 Å². The third kappa shape index (κ3) is 0.984. The minimum atomic E-state index is 1.27. The Hall–Kier alpha value is -1.37. The van der Waals surface area contributed by atoms with Crippen LogP contribution in [0.3, 0.4) is 0 Å². The third-order valence-corrected chi connectivity index (χ3v) is 1.89. The molecule has 0 radical (unpaired) electrons. The average molecular weight is 144 g/mol. The van der Waals surface area contributed by atoms with Crippen LogP contribution in [0.2, 0.25) is 0 Å². The lowest BCUT2D eigenvalue weighted by molar-refractivity contribution is -0.512. The quantitative estimate of drug-likeness (QED) is 0.496. The summed E-state index contributed by atoms with van der Waals surface area (Å²) in [5.74, 6) is 0. The van der Waals surface area contributed by atoms with Crippen molar-refractivity contribution >= 4 is 5.52 Å². The van der Waals surface area contributed by atoms with Gasteiger partial charge < -0.3 is 0 Å². The molecule has 0 saturated heterocycles. The van der Waals surface area contributed by atoms with Crippen LogP contribution >= 0.6 is 0 Å². The summed E-state index contributed by atoms with van der Waals surface area (Å²) < 4.78 is 2.12. The molecule has 2 rings (SSSR count). The molecule has 0 fully saturated rings.